The molecule has 7 heteroatoms. The number of rotatable bonds is 3. The second kappa shape index (κ2) is 6.52. The third kappa shape index (κ3) is 2.94. The molecule has 4 heterocycles. The van der Waals surface area contributed by atoms with E-state index >= 15 is 0 Å². The first-order chi connectivity index (χ1) is 11.8. The van der Waals surface area contributed by atoms with Gasteiger partial charge in [-0.15, -0.1) is 10.2 Å². The van der Waals surface area contributed by atoms with Crippen molar-refractivity contribution < 1.29 is 0 Å². The maximum Gasteiger partial charge on any atom is 0.225 e. The van der Waals surface area contributed by atoms with Crippen molar-refractivity contribution in [1.29, 1.82) is 0 Å². The summed E-state index contributed by atoms with van der Waals surface area (Å²) in [6.45, 7) is 5.67. The van der Waals surface area contributed by atoms with Crippen molar-refractivity contribution in [3.05, 3.63) is 46.9 Å². The van der Waals surface area contributed by atoms with Gasteiger partial charge in [-0.25, -0.2) is 9.97 Å². The van der Waals surface area contributed by atoms with Gasteiger partial charge >= 0.3 is 0 Å². The van der Waals surface area contributed by atoms with Crippen LogP contribution >= 0.6 is 11.3 Å². The van der Waals surface area contributed by atoms with E-state index in [1.165, 1.54) is 0 Å². The molecule has 1 aliphatic heterocycles. The fourth-order valence-electron chi connectivity index (χ4n) is 2.92. The molecule has 4 rings (SSSR count). The van der Waals surface area contributed by atoms with E-state index in [-0.39, 0.29) is 0 Å². The van der Waals surface area contributed by atoms with E-state index in [1.807, 2.05) is 6.07 Å². The fourth-order valence-corrected chi connectivity index (χ4v) is 3.56. The minimum absolute atomic E-state index is 0.799. The van der Waals surface area contributed by atoms with Crippen LogP contribution in [0.5, 0.6) is 0 Å². The Kier molecular flexibility index (Phi) is 4.08. The van der Waals surface area contributed by atoms with Gasteiger partial charge < -0.3 is 9.80 Å². The van der Waals surface area contributed by atoms with Crippen molar-refractivity contribution in [3.8, 4) is 11.3 Å². The zero-order valence-electron chi connectivity index (χ0n) is 13.5. The third-order valence-electron chi connectivity index (χ3n) is 4.19. The van der Waals surface area contributed by atoms with Crippen LogP contribution in [0.15, 0.2) is 41.4 Å². The molecule has 0 aliphatic carbocycles. The van der Waals surface area contributed by atoms with Crippen LogP contribution in [0.1, 0.15) is 5.56 Å². The van der Waals surface area contributed by atoms with Crippen LogP contribution in [0.2, 0.25) is 0 Å². The van der Waals surface area contributed by atoms with Gasteiger partial charge in [-0.2, -0.15) is 11.3 Å². The summed E-state index contributed by atoms with van der Waals surface area (Å²) >= 11 is 1.68. The number of aryl methyl sites for hydroxylation is 1. The first kappa shape index (κ1) is 15.0. The van der Waals surface area contributed by atoms with E-state index in [2.05, 4.69) is 59.8 Å². The molecule has 0 amide bonds. The summed E-state index contributed by atoms with van der Waals surface area (Å²) in [6.07, 6.45) is 3.57. The molecule has 0 aromatic carbocycles. The second-order valence-corrected chi connectivity index (χ2v) is 6.55. The van der Waals surface area contributed by atoms with E-state index in [0.29, 0.717) is 0 Å². The van der Waals surface area contributed by atoms with Crippen LogP contribution in [0, 0.1) is 6.92 Å². The largest absolute Gasteiger partial charge is 0.351 e. The highest BCUT2D eigenvalue weighted by Crippen LogP contribution is 2.25. The van der Waals surface area contributed by atoms with Crippen LogP contribution in [0.4, 0.5) is 11.8 Å². The van der Waals surface area contributed by atoms with Crippen LogP contribution < -0.4 is 9.80 Å². The molecule has 122 valence electrons. The molecule has 0 unspecified atom stereocenters. The van der Waals surface area contributed by atoms with E-state index in [1.54, 1.807) is 23.7 Å². The van der Waals surface area contributed by atoms with Crippen molar-refractivity contribution in [3.63, 3.8) is 0 Å². The van der Waals surface area contributed by atoms with Gasteiger partial charge in [0.1, 0.15) is 0 Å². The van der Waals surface area contributed by atoms with E-state index in [0.717, 1.165) is 54.8 Å². The molecule has 0 N–H and O–H groups in total. The Bertz CT molecular complexity index is 797. The highest BCUT2D eigenvalue weighted by Gasteiger charge is 2.21. The second-order valence-electron chi connectivity index (χ2n) is 5.77. The zero-order chi connectivity index (χ0) is 16.4. The molecular weight excluding hydrogens is 320 g/mol. The lowest BCUT2D eigenvalue weighted by Crippen LogP contribution is -2.47. The highest BCUT2D eigenvalue weighted by atomic mass is 32.1. The zero-order valence-corrected chi connectivity index (χ0v) is 14.3. The van der Waals surface area contributed by atoms with E-state index in [9.17, 15) is 0 Å². The summed E-state index contributed by atoms with van der Waals surface area (Å²) in [5.74, 6) is 1.77. The lowest BCUT2D eigenvalue weighted by atomic mass is 10.2. The maximum absolute atomic E-state index is 4.49. The number of piperazine rings is 1. The lowest BCUT2D eigenvalue weighted by Gasteiger charge is -2.35. The first-order valence-electron chi connectivity index (χ1n) is 7.95. The number of hydrogen-bond donors (Lipinski definition) is 0. The highest BCUT2D eigenvalue weighted by molar-refractivity contribution is 7.08. The molecule has 3 aromatic rings. The number of hydrogen-bond acceptors (Lipinski definition) is 7. The summed E-state index contributed by atoms with van der Waals surface area (Å²) in [4.78, 5) is 13.2. The molecule has 0 radical (unpaired) electrons. The molecule has 1 aliphatic rings. The van der Waals surface area contributed by atoms with Gasteiger partial charge in [-0.05, 0) is 36.1 Å². The Labute approximate surface area is 144 Å². The topological polar surface area (TPSA) is 58.0 Å². The molecule has 1 fully saturated rings. The van der Waals surface area contributed by atoms with Crippen molar-refractivity contribution in [2.24, 2.45) is 0 Å². The van der Waals surface area contributed by atoms with Crippen molar-refractivity contribution in [1.82, 2.24) is 20.2 Å². The maximum atomic E-state index is 4.49. The minimum Gasteiger partial charge on any atom is -0.351 e. The predicted molar refractivity (Wildman–Crippen MR) is 96.5 cm³/mol. The van der Waals surface area contributed by atoms with Crippen molar-refractivity contribution in [2.75, 3.05) is 36.0 Å². The van der Waals surface area contributed by atoms with E-state index < -0.39 is 0 Å². The Morgan fingerprint density at radius 2 is 1.75 bits per heavy atom. The molecule has 6 nitrogen and oxygen atoms in total. The molecule has 0 atom stereocenters. The quantitative estimate of drug-likeness (QED) is 0.732. The van der Waals surface area contributed by atoms with E-state index in [4.69, 9.17) is 0 Å². The Hall–Kier alpha value is -2.54. The van der Waals surface area contributed by atoms with Gasteiger partial charge in [-0.1, -0.05) is 0 Å². The lowest BCUT2D eigenvalue weighted by molar-refractivity contribution is 0.630. The minimum atomic E-state index is 0.799. The normalized spacial score (nSPS) is 14.9. The molecule has 0 saturated carbocycles. The van der Waals surface area contributed by atoms with Gasteiger partial charge in [0.05, 0.1) is 5.69 Å². The Morgan fingerprint density at radius 1 is 1.00 bits per heavy atom. The Morgan fingerprint density at radius 3 is 2.42 bits per heavy atom. The average molecular weight is 338 g/mol. The smallest absolute Gasteiger partial charge is 0.225 e. The molecular formula is C17H18N6S. The monoisotopic (exact) mass is 338 g/mol. The van der Waals surface area contributed by atoms with Crippen LogP contribution in [0.25, 0.3) is 11.3 Å². The third-order valence-corrected chi connectivity index (χ3v) is 4.87. The average Bonchev–Trinajstić information content (AvgIpc) is 3.17. The van der Waals surface area contributed by atoms with Gasteiger partial charge in [0.25, 0.3) is 0 Å². The fraction of sp³-hybridized carbons (Fsp3) is 0.294. The van der Waals surface area contributed by atoms with Gasteiger partial charge in [0, 0.05) is 49.5 Å². The Balaban J connectivity index is 1.48. The van der Waals surface area contributed by atoms with Crippen LogP contribution in [-0.4, -0.2) is 46.3 Å². The van der Waals surface area contributed by atoms with Crippen LogP contribution in [-0.2, 0) is 0 Å². The number of thiophene rings is 1. The van der Waals surface area contributed by atoms with Crippen molar-refractivity contribution in [2.45, 2.75) is 6.92 Å². The molecule has 24 heavy (non-hydrogen) atoms. The number of aromatic nitrogens is 4. The molecule has 0 bridgehead atoms. The summed E-state index contributed by atoms with van der Waals surface area (Å²) in [6, 6.07) is 6.04. The van der Waals surface area contributed by atoms with Gasteiger partial charge in [-0.3, -0.25) is 0 Å². The predicted octanol–water partition coefficient (Wildman–Crippen LogP) is 2.63. The standard InChI is InChI=1S/C17H18N6S/c1-13-11-15(14-3-10-24-12-14)20-21-16(13)22-6-8-23(9-7-22)17-18-4-2-5-19-17/h2-5,10-12H,6-9H2,1H3. The summed E-state index contributed by atoms with van der Waals surface area (Å²) in [5.41, 5.74) is 3.23. The summed E-state index contributed by atoms with van der Waals surface area (Å²) < 4.78 is 0. The van der Waals surface area contributed by atoms with Gasteiger partial charge in [0.2, 0.25) is 5.95 Å². The number of nitrogens with zero attached hydrogens (tertiary/aromatic N) is 6. The molecule has 0 spiro atoms. The van der Waals surface area contributed by atoms with Gasteiger partial charge in [0.15, 0.2) is 5.82 Å². The first-order valence-corrected chi connectivity index (χ1v) is 8.89. The number of anilines is 2. The van der Waals surface area contributed by atoms with Crippen LogP contribution in [0.3, 0.4) is 0 Å². The summed E-state index contributed by atoms with van der Waals surface area (Å²) in [5, 5.41) is 13.1. The summed E-state index contributed by atoms with van der Waals surface area (Å²) in [7, 11) is 0. The van der Waals surface area contributed by atoms with Crippen molar-refractivity contribution >= 4 is 23.1 Å². The molecule has 1 saturated heterocycles. The SMILES string of the molecule is Cc1cc(-c2ccsc2)nnc1N1CCN(c2ncccn2)CC1. The molecule has 3 aromatic heterocycles.